The van der Waals surface area contributed by atoms with Crippen molar-refractivity contribution < 1.29 is 9.53 Å². The van der Waals surface area contributed by atoms with Crippen LogP contribution in [0.15, 0.2) is 6.20 Å². The van der Waals surface area contributed by atoms with Gasteiger partial charge in [0, 0.05) is 6.54 Å². The average molecular weight is 288 g/mol. The maximum atomic E-state index is 12.0. The Balaban J connectivity index is 1.98. The fraction of sp³-hybridized carbons (Fsp3) is 0.533. The number of fused-ring (bicyclic) bond motifs is 1. The quantitative estimate of drug-likeness (QED) is 0.853. The van der Waals surface area contributed by atoms with Crippen molar-refractivity contribution in [3.05, 3.63) is 17.5 Å². The molecule has 0 amide bonds. The van der Waals surface area contributed by atoms with Crippen molar-refractivity contribution in [1.29, 1.82) is 0 Å². The molecule has 2 N–H and O–H groups in total. The summed E-state index contributed by atoms with van der Waals surface area (Å²) >= 11 is 0. The van der Waals surface area contributed by atoms with Gasteiger partial charge in [-0.25, -0.2) is 14.5 Å². The van der Waals surface area contributed by atoms with Crippen molar-refractivity contribution in [2.45, 2.75) is 39.7 Å². The van der Waals surface area contributed by atoms with Gasteiger partial charge in [-0.05, 0) is 26.2 Å². The molecule has 112 valence electrons. The Bertz CT molecular complexity index is 689. The van der Waals surface area contributed by atoms with Crippen LogP contribution in [-0.4, -0.2) is 27.3 Å². The van der Waals surface area contributed by atoms with Gasteiger partial charge in [-0.1, -0.05) is 12.8 Å². The molecule has 0 spiro atoms. The van der Waals surface area contributed by atoms with Crippen molar-refractivity contribution >= 4 is 22.7 Å². The average Bonchev–Trinajstić information content (AvgIpc) is 3.18. The number of esters is 1. The van der Waals surface area contributed by atoms with E-state index < -0.39 is 5.97 Å². The van der Waals surface area contributed by atoms with Gasteiger partial charge in [0.05, 0.1) is 29.6 Å². The number of aromatic nitrogens is 3. The van der Waals surface area contributed by atoms with Crippen LogP contribution in [0.5, 0.6) is 0 Å². The van der Waals surface area contributed by atoms with Gasteiger partial charge in [-0.15, -0.1) is 0 Å². The minimum Gasteiger partial charge on any atom is -0.462 e. The number of carbonyl (C=O) groups excluding carboxylic acids is 1. The van der Waals surface area contributed by atoms with E-state index in [0.717, 1.165) is 29.9 Å². The monoisotopic (exact) mass is 288 g/mol. The second-order valence-corrected chi connectivity index (χ2v) is 5.54. The Morgan fingerprint density at radius 1 is 1.52 bits per heavy atom. The van der Waals surface area contributed by atoms with Crippen molar-refractivity contribution in [2.24, 2.45) is 5.92 Å². The molecule has 6 heteroatoms. The minimum absolute atomic E-state index is 0.316. The summed E-state index contributed by atoms with van der Waals surface area (Å²) in [5, 5.41) is 5.09. The number of hydrogen-bond donors (Lipinski definition) is 1. The zero-order valence-corrected chi connectivity index (χ0v) is 12.4. The number of aryl methyl sites for hydroxylation is 2. The largest absolute Gasteiger partial charge is 0.462 e. The molecule has 0 bridgehead atoms. The summed E-state index contributed by atoms with van der Waals surface area (Å²) in [4.78, 5) is 16.5. The first-order chi connectivity index (χ1) is 10.1. The van der Waals surface area contributed by atoms with E-state index in [1.807, 2.05) is 4.68 Å². The Hall–Kier alpha value is -2.11. The lowest BCUT2D eigenvalue weighted by Gasteiger charge is -2.10. The molecular weight excluding hydrogens is 268 g/mol. The summed E-state index contributed by atoms with van der Waals surface area (Å²) in [5.41, 5.74) is 8.24. The highest BCUT2D eigenvalue weighted by molar-refractivity contribution is 6.04. The third kappa shape index (κ3) is 2.57. The van der Waals surface area contributed by atoms with Gasteiger partial charge in [-0.3, -0.25) is 0 Å². The number of carbonyl (C=O) groups is 1. The predicted molar refractivity (Wildman–Crippen MR) is 80.0 cm³/mol. The molecule has 1 aliphatic rings. The Kier molecular flexibility index (Phi) is 3.53. The lowest BCUT2D eigenvalue weighted by atomic mass is 10.1. The van der Waals surface area contributed by atoms with Gasteiger partial charge in [0.1, 0.15) is 5.56 Å². The Morgan fingerprint density at radius 2 is 2.29 bits per heavy atom. The molecule has 0 aliphatic heterocycles. The van der Waals surface area contributed by atoms with Crippen LogP contribution in [0.4, 0.5) is 5.69 Å². The molecule has 3 rings (SSSR count). The van der Waals surface area contributed by atoms with Gasteiger partial charge >= 0.3 is 5.97 Å². The molecule has 6 nitrogen and oxygen atoms in total. The van der Waals surface area contributed by atoms with Gasteiger partial charge < -0.3 is 10.5 Å². The molecule has 2 aromatic heterocycles. The fourth-order valence-electron chi connectivity index (χ4n) is 2.57. The first kappa shape index (κ1) is 13.9. The van der Waals surface area contributed by atoms with Crippen LogP contribution in [0.2, 0.25) is 0 Å². The second-order valence-electron chi connectivity index (χ2n) is 5.54. The van der Waals surface area contributed by atoms with Crippen molar-refractivity contribution in [3.8, 4) is 0 Å². The molecule has 21 heavy (non-hydrogen) atoms. The van der Waals surface area contributed by atoms with E-state index in [1.165, 1.54) is 12.8 Å². The van der Waals surface area contributed by atoms with Gasteiger partial charge in [-0.2, -0.15) is 5.10 Å². The molecule has 2 heterocycles. The maximum absolute atomic E-state index is 12.0. The summed E-state index contributed by atoms with van der Waals surface area (Å²) < 4.78 is 6.93. The Morgan fingerprint density at radius 3 is 2.95 bits per heavy atom. The Labute approximate surface area is 123 Å². The summed E-state index contributed by atoms with van der Waals surface area (Å²) in [5.74, 6) is 0.411. The van der Waals surface area contributed by atoms with Crippen LogP contribution in [0.1, 0.15) is 42.2 Å². The zero-order chi connectivity index (χ0) is 15.0. The molecule has 1 aliphatic carbocycles. The number of nitrogens with two attached hydrogens (primary N) is 1. The van der Waals surface area contributed by atoms with Crippen molar-refractivity contribution in [3.63, 3.8) is 0 Å². The smallest absolute Gasteiger partial charge is 0.342 e. The van der Waals surface area contributed by atoms with Crippen molar-refractivity contribution in [1.82, 2.24) is 14.8 Å². The minimum atomic E-state index is -0.423. The highest BCUT2D eigenvalue weighted by Crippen LogP contribution is 2.33. The van der Waals surface area contributed by atoms with E-state index >= 15 is 0 Å². The number of anilines is 1. The summed E-state index contributed by atoms with van der Waals surface area (Å²) in [7, 11) is 0. The summed E-state index contributed by atoms with van der Waals surface area (Å²) in [6.45, 7) is 4.71. The lowest BCUT2D eigenvalue weighted by Crippen LogP contribution is -2.12. The lowest BCUT2D eigenvalue weighted by molar-refractivity contribution is 0.0526. The standard InChI is InChI=1S/C15H20N4O2/c1-3-21-15(20)12-9(2)18-14-11(13(12)16)8-17-19(14)7-6-10-4-5-10/h8,10H,3-7H2,1-2H3,(H2,16,18). The van der Waals surface area contributed by atoms with Crippen LogP contribution >= 0.6 is 0 Å². The molecule has 0 aromatic carbocycles. The van der Waals surface area contributed by atoms with Gasteiger partial charge in [0.25, 0.3) is 0 Å². The van der Waals surface area contributed by atoms with Crippen LogP contribution < -0.4 is 5.73 Å². The van der Waals surface area contributed by atoms with E-state index in [2.05, 4.69) is 10.1 Å². The highest BCUT2D eigenvalue weighted by Gasteiger charge is 2.23. The number of nitrogens with zero attached hydrogens (tertiary/aromatic N) is 3. The van der Waals surface area contributed by atoms with E-state index in [9.17, 15) is 4.79 Å². The number of nitrogen functional groups attached to an aromatic ring is 1. The third-order valence-corrected chi connectivity index (χ3v) is 3.93. The van der Waals surface area contributed by atoms with Crippen LogP contribution in [0, 0.1) is 12.8 Å². The first-order valence-electron chi connectivity index (χ1n) is 7.40. The second kappa shape index (κ2) is 5.35. The summed E-state index contributed by atoms with van der Waals surface area (Å²) in [6, 6.07) is 0. The third-order valence-electron chi connectivity index (χ3n) is 3.93. The van der Waals surface area contributed by atoms with E-state index in [-0.39, 0.29) is 0 Å². The first-order valence-corrected chi connectivity index (χ1v) is 7.40. The molecule has 1 fully saturated rings. The van der Waals surface area contributed by atoms with Gasteiger partial charge in [0.15, 0.2) is 5.65 Å². The molecule has 0 radical (unpaired) electrons. The molecule has 0 atom stereocenters. The molecule has 0 saturated heterocycles. The predicted octanol–water partition coefficient (Wildman–Crippen LogP) is 2.30. The number of ether oxygens (including phenoxy) is 1. The number of rotatable bonds is 5. The van der Waals surface area contributed by atoms with Crippen LogP contribution in [0.3, 0.4) is 0 Å². The van der Waals surface area contributed by atoms with E-state index in [1.54, 1.807) is 20.0 Å². The van der Waals surface area contributed by atoms with E-state index in [4.69, 9.17) is 10.5 Å². The molecule has 0 unspecified atom stereocenters. The van der Waals surface area contributed by atoms with Crippen LogP contribution in [-0.2, 0) is 11.3 Å². The van der Waals surface area contributed by atoms with Gasteiger partial charge in [0.2, 0.25) is 0 Å². The molecular formula is C15H20N4O2. The topological polar surface area (TPSA) is 83.0 Å². The fourth-order valence-corrected chi connectivity index (χ4v) is 2.57. The van der Waals surface area contributed by atoms with E-state index in [0.29, 0.717) is 23.6 Å². The number of hydrogen-bond acceptors (Lipinski definition) is 5. The SMILES string of the molecule is CCOC(=O)c1c(C)nc2c(cnn2CCC2CC2)c1N. The molecule has 1 saturated carbocycles. The maximum Gasteiger partial charge on any atom is 0.342 e. The summed E-state index contributed by atoms with van der Waals surface area (Å²) in [6.07, 6.45) is 5.45. The molecule has 2 aromatic rings. The highest BCUT2D eigenvalue weighted by atomic mass is 16.5. The zero-order valence-electron chi connectivity index (χ0n) is 12.4. The van der Waals surface area contributed by atoms with Crippen molar-refractivity contribution in [2.75, 3.05) is 12.3 Å². The van der Waals surface area contributed by atoms with Crippen LogP contribution in [0.25, 0.3) is 11.0 Å². The normalized spacial score (nSPS) is 14.6. The number of pyridine rings is 1.